The minimum atomic E-state index is -0.556. The molecule has 2 aliphatic heterocycles. The summed E-state index contributed by atoms with van der Waals surface area (Å²) in [6.07, 6.45) is 0.840. The molecule has 0 spiro atoms. The average Bonchev–Trinajstić information content (AvgIpc) is 2.80. The van der Waals surface area contributed by atoms with Crippen LogP contribution in [0.15, 0.2) is 12.1 Å². The molecule has 2 aliphatic rings. The summed E-state index contributed by atoms with van der Waals surface area (Å²) in [6, 6.07) is 3.59. The van der Waals surface area contributed by atoms with Crippen LogP contribution in [-0.4, -0.2) is 30.0 Å². The van der Waals surface area contributed by atoms with Crippen molar-refractivity contribution in [3.8, 4) is 11.5 Å². The maximum absolute atomic E-state index is 10.2. The summed E-state index contributed by atoms with van der Waals surface area (Å²) < 4.78 is 17.4. The van der Waals surface area contributed by atoms with E-state index in [1.54, 1.807) is 6.07 Å². The molecule has 1 N–H and O–H groups in total. The van der Waals surface area contributed by atoms with Gasteiger partial charge in [-0.1, -0.05) is 0 Å². The zero-order valence-corrected chi connectivity index (χ0v) is 11.8. The van der Waals surface area contributed by atoms with Crippen molar-refractivity contribution in [3.63, 3.8) is 0 Å². The van der Waals surface area contributed by atoms with Gasteiger partial charge in [0.1, 0.15) is 11.5 Å². The van der Waals surface area contributed by atoms with Gasteiger partial charge in [-0.25, -0.2) is 0 Å². The van der Waals surface area contributed by atoms with E-state index in [-0.39, 0.29) is 5.75 Å². The number of aromatic hydroxyl groups is 1. The maximum atomic E-state index is 10.2. The lowest BCUT2D eigenvalue weighted by Gasteiger charge is -2.32. The summed E-state index contributed by atoms with van der Waals surface area (Å²) in [5.74, 6) is 1.03. The Morgan fingerprint density at radius 1 is 1.11 bits per heavy atom. The van der Waals surface area contributed by atoms with Crippen LogP contribution in [0.3, 0.4) is 0 Å². The molecule has 2 heterocycles. The van der Waals surface area contributed by atoms with E-state index in [0.29, 0.717) is 12.1 Å². The van der Waals surface area contributed by atoms with Crippen LogP contribution in [0.1, 0.15) is 33.3 Å². The fraction of sp³-hybridized carbons (Fsp3) is 0.571. The molecule has 0 aromatic heterocycles. The number of benzene rings is 1. The Morgan fingerprint density at radius 2 is 1.74 bits per heavy atom. The summed E-state index contributed by atoms with van der Waals surface area (Å²) in [7, 11) is -0.556. The van der Waals surface area contributed by atoms with Gasteiger partial charge in [0.05, 0.1) is 17.8 Å². The van der Waals surface area contributed by atoms with Crippen LogP contribution >= 0.6 is 0 Å². The van der Waals surface area contributed by atoms with Gasteiger partial charge in [0.15, 0.2) is 0 Å². The first-order chi connectivity index (χ1) is 8.80. The minimum Gasteiger partial charge on any atom is -0.508 e. The van der Waals surface area contributed by atoms with Crippen molar-refractivity contribution in [1.82, 2.24) is 0 Å². The van der Waals surface area contributed by atoms with Gasteiger partial charge in [0.25, 0.3) is 0 Å². The molecule has 0 unspecified atom stereocenters. The van der Waals surface area contributed by atoms with Crippen molar-refractivity contribution in [1.29, 1.82) is 0 Å². The van der Waals surface area contributed by atoms with E-state index in [2.05, 4.69) is 0 Å². The standard InChI is InChI=1S/C14H19BO4/c1-13(2)14(3,4)19-15(18-13)10-8-12-9(5-6-17-12)7-11(10)16/h7-8,16H,5-6H2,1-4H3. The molecular weight excluding hydrogens is 243 g/mol. The van der Waals surface area contributed by atoms with Crippen molar-refractivity contribution in [3.05, 3.63) is 17.7 Å². The Balaban J connectivity index is 1.96. The van der Waals surface area contributed by atoms with E-state index in [9.17, 15) is 5.11 Å². The fourth-order valence-electron chi connectivity index (χ4n) is 2.39. The molecule has 1 saturated heterocycles. The highest BCUT2D eigenvalue weighted by molar-refractivity contribution is 6.63. The van der Waals surface area contributed by atoms with E-state index in [4.69, 9.17) is 14.0 Å². The SMILES string of the molecule is CC1(C)OB(c2cc3c(cc2O)CCO3)OC1(C)C. The van der Waals surface area contributed by atoms with E-state index in [1.165, 1.54) is 0 Å². The van der Waals surface area contributed by atoms with Gasteiger partial charge in [0.2, 0.25) is 0 Å². The Hall–Kier alpha value is -1.20. The second-order valence-corrected chi connectivity index (χ2v) is 6.21. The van der Waals surface area contributed by atoms with E-state index < -0.39 is 18.3 Å². The molecule has 0 saturated carbocycles. The van der Waals surface area contributed by atoms with Gasteiger partial charge in [0, 0.05) is 17.4 Å². The Kier molecular flexibility index (Phi) is 2.63. The van der Waals surface area contributed by atoms with E-state index in [1.807, 2.05) is 33.8 Å². The zero-order valence-electron chi connectivity index (χ0n) is 11.8. The lowest BCUT2D eigenvalue weighted by atomic mass is 9.77. The summed E-state index contributed by atoms with van der Waals surface area (Å²) in [4.78, 5) is 0. The van der Waals surface area contributed by atoms with Gasteiger partial charge in [-0.2, -0.15) is 0 Å². The zero-order chi connectivity index (χ0) is 13.8. The van der Waals surface area contributed by atoms with Gasteiger partial charge < -0.3 is 19.2 Å². The molecule has 1 fully saturated rings. The largest absolute Gasteiger partial charge is 0.508 e. The molecule has 102 valence electrons. The number of fused-ring (bicyclic) bond motifs is 1. The fourth-order valence-corrected chi connectivity index (χ4v) is 2.39. The summed E-state index contributed by atoms with van der Waals surface area (Å²) >= 11 is 0. The van der Waals surface area contributed by atoms with Gasteiger partial charge in [-0.05, 0) is 39.8 Å². The summed E-state index contributed by atoms with van der Waals surface area (Å²) in [6.45, 7) is 8.64. The quantitative estimate of drug-likeness (QED) is 0.781. The first-order valence-corrected chi connectivity index (χ1v) is 6.64. The third-order valence-corrected chi connectivity index (χ3v) is 4.35. The first kappa shape index (κ1) is 12.8. The highest BCUT2D eigenvalue weighted by Crippen LogP contribution is 2.38. The molecule has 0 amide bonds. The van der Waals surface area contributed by atoms with Crippen LogP contribution in [0.2, 0.25) is 0 Å². The van der Waals surface area contributed by atoms with Crippen molar-refractivity contribution < 1.29 is 19.2 Å². The van der Waals surface area contributed by atoms with Gasteiger partial charge in [-0.15, -0.1) is 0 Å². The maximum Gasteiger partial charge on any atom is 0.498 e. The number of hydrogen-bond acceptors (Lipinski definition) is 4. The van der Waals surface area contributed by atoms with E-state index >= 15 is 0 Å². The predicted octanol–water partition coefficient (Wildman–Crippen LogP) is 1.63. The molecule has 0 bridgehead atoms. The molecule has 0 atom stereocenters. The van der Waals surface area contributed by atoms with Crippen molar-refractivity contribution in [2.24, 2.45) is 0 Å². The molecule has 0 radical (unpaired) electrons. The van der Waals surface area contributed by atoms with Crippen LogP contribution < -0.4 is 10.2 Å². The number of rotatable bonds is 1. The van der Waals surface area contributed by atoms with E-state index in [0.717, 1.165) is 17.7 Å². The van der Waals surface area contributed by atoms with Crippen LogP contribution in [0, 0.1) is 0 Å². The highest BCUT2D eigenvalue weighted by atomic mass is 16.7. The van der Waals surface area contributed by atoms with Crippen LogP contribution in [-0.2, 0) is 15.7 Å². The predicted molar refractivity (Wildman–Crippen MR) is 73.0 cm³/mol. The Labute approximate surface area is 113 Å². The smallest absolute Gasteiger partial charge is 0.498 e. The Bertz CT molecular complexity index is 508. The van der Waals surface area contributed by atoms with Crippen LogP contribution in [0.25, 0.3) is 0 Å². The normalized spacial score (nSPS) is 23.3. The van der Waals surface area contributed by atoms with Crippen molar-refractivity contribution in [2.45, 2.75) is 45.3 Å². The monoisotopic (exact) mass is 262 g/mol. The molecule has 4 nitrogen and oxygen atoms in total. The molecule has 0 aliphatic carbocycles. The van der Waals surface area contributed by atoms with Crippen LogP contribution in [0.5, 0.6) is 11.5 Å². The average molecular weight is 262 g/mol. The van der Waals surface area contributed by atoms with Crippen LogP contribution in [0.4, 0.5) is 0 Å². The Morgan fingerprint density at radius 3 is 2.37 bits per heavy atom. The second-order valence-electron chi connectivity index (χ2n) is 6.21. The molecule has 19 heavy (non-hydrogen) atoms. The summed E-state index contributed by atoms with van der Waals surface area (Å²) in [5, 5.41) is 10.2. The minimum absolute atomic E-state index is 0.211. The number of phenols is 1. The molecule has 1 aromatic carbocycles. The molecule has 3 rings (SSSR count). The van der Waals surface area contributed by atoms with Crippen molar-refractivity contribution in [2.75, 3.05) is 6.61 Å². The third-order valence-electron chi connectivity index (χ3n) is 4.35. The lowest BCUT2D eigenvalue weighted by molar-refractivity contribution is 0.00578. The topological polar surface area (TPSA) is 47.9 Å². The second kappa shape index (κ2) is 3.90. The lowest BCUT2D eigenvalue weighted by Crippen LogP contribution is -2.41. The number of ether oxygens (including phenoxy) is 1. The highest BCUT2D eigenvalue weighted by Gasteiger charge is 2.52. The molecule has 1 aromatic rings. The van der Waals surface area contributed by atoms with Gasteiger partial charge in [-0.3, -0.25) is 0 Å². The van der Waals surface area contributed by atoms with Crippen molar-refractivity contribution >= 4 is 12.6 Å². The molecule has 5 heteroatoms. The third kappa shape index (κ3) is 1.92. The number of phenolic OH excluding ortho intramolecular Hbond substituents is 1. The van der Waals surface area contributed by atoms with Gasteiger partial charge >= 0.3 is 7.12 Å². The first-order valence-electron chi connectivity index (χ1n) is 6.64. The molecular formula is C14H19BO4. The number of hydrogen-bond donors (Lipinski definition) is 1. The summed E-state index contributed by atoms with van der Waals surface area (Å²) in [5.41, 5.74) is 0.852.